The molecular formula is C28H31NO2. The van der Waals surface area contributed by atoms with Gasteiger partial charge in [-0.3, -0.25) is 4.79 Å². The molecule has 3 rings (SSSR count). The maximum Gasteiger partial charge on any atom is 0.304 e. The van der Waals surface area contributed by atoms with E-state index in [1.807, 2.05) is 6.07 Å². The lowest BCUT2D eigenvalue weighted by atomic mass is 9.91. The average molecular weight is 414 g/mol. The third-order valence-electron chi connectivity index (χ3n) is 5.35. The third-order valence-corrected chi connectivity index (χ3v) is 5.35. The predicted molar refractivity (Wildman–Crippen MR) is 130 cm³/mol. The van der Waals surface area contributed by atoms with Crippen LogP contribution in [-0.2, 0) is 4.79 Å². The molecule has 3 aromatic carbocycles. The Morgan fingerprint density at radius 1 is 0.806 bits per heavy atom. The Hall–Kier alpha value is -3.17. The second-order valence-corrected chi connectivity index (χ2v) is 7.68. The van der Waals surface area contributed by atoms with E-state index in [1.165, 1.54) is 27.8 Å². The quantitative estimate of drug-likeness (QED) is 0.384. The smallest absolute Gasteiger partial charge is 0.304 e. The predicted octanol–water partition coefficient (Wildman–Crippen LogP) is 6.61. The van der Waals surface area contributed by atoms with Gasteiger partial charge in [0.15, 0.2) is 0 Å². The maximum atomic E-state index is 10.9. The summed E-state index contributed by atoms with van der Waals surface area (Å²) < 4.78 is 0. The van der Waals surface area contributed by atoms with E-state index in [9.17, 15) is 4.79 Å². The number of carboxylic acids is 1. The van der Waals surface area contributed by atoms with Gasteiger partial charge in [0.25, 0.3) is 0 Å². The number of carbonyl (C=O) groups is 1. The number of benzene rings is 3. The Bertz CT molecular complexity index is 995. The van der Waals surface area contributed by atoms with Gasteiger partial charge < -0.3 is 10.0 Å². The molecule has 0 spiro atoms. The number of hydrogen-bond donors (Lipinski definition) is 1. The number of nitrogens with zero attached hydrogens (tertiary/aromatic N) is 1. The molecule has 0 radical (unpaired) electrons. The van der Waals surface area contributed by atoms with Gasteiger partial charge in [0, 0.05) is 13.1 Å². The third kappa shape index (κ3) is 6.66. The molecule has 1 N–H and O–H groups in total. The van der Waals surface area contributed by atoms with Gasteiger partial charge in [0.05, 0.1) is 6.42 Å². The lowest BCUT2D eigenvalue weighted by Crippen LogP contribution is -2.28. The van der Waals surface area contributed by atoms with E-state index in [4.69, 9.17) is 5.11 Å². The Labute approximate surface area is 185 Å². The van der Waals surface area contributed by atoms with E-state index in [-0.39, 0.29) is 6.42 Å². The van der Waals surface area contributed by atoms with Crippen molar-refractivity contribution in [3.63, 3.8) is 0 Å². The lowest BCUT2D eigenvalue weighted by Gasteiger charge is -2.19. The standard InChI is InChI=1S/C28H31NO2/c1-2-20-29(22-19-28(30)31)21-11-10-15-24-14-6-7-16-25(24)27-18-9-8-17-26(27)23-12-4-3-5-13-23/h3-10,12-18H,2,11,19-22H2,1H3,(H,30,31)/b15-10+. The van der Waals surface area contributed by atoms with E-state index < -0.39 is 5.97 Å². The molecule has 0 saturated carbocycles. The van der Waals surface area contributed by atoms with Gasteiger partial charge in [-0.15, -0.1) is 0 Å². The molecule has 0 heterocycles. The van der Waals surface area contributed by atoms with Crippen molar-refractivity contribution in [2.45, 2.75) is 26.2 Å². The monoisotopic (exact) mass is 413 g/mol. The molecule has 0 atom stereocenters. The molecule has 0 aromatic heterocycles. The van der Waals surface area contributed by atoms with Crippen LogP contribution in [-0.4, -0.2) is 35.6 Å². The van der Waals surface area contributed by atoms with Gasteiger partial charge in [0.2, 0.25) is 0 Å². The molecule has 3 heteroatoms. The summed E-state index contributed by atoms with van der Waals surface area (Å²) in [7, 11) is 0. The largest absolute Gasteiger partial charge is 0.481 e. The summed E-state index contributed by atoms with van der Waals surface area (Å²) in [4.78, 5) is 13.1. The second-order valence-electron chi connectivity index (χ2n) is 7.68. The van der Waals surface area contributed by atoms with Crippen LogP contribution in [0.3, 0.4) is 0 Å². The van der Waals surface area contributed by atoms with Gasteiger partial charge in [0.1, 0.15) is 0 Å². The van der Waals surface area contributed by atoms with E-state index in [1.54, 1.807) is 0 Å². The van der Waals surface area contributed by atoms with Gasteiger partial charge in [-0.1, -0.05) is 97.9 Å². The summed E-state index contributed by atoms with van der Waals surface area (Å²) in [6, 6.07) is 27.5. The molecule has 3 nitrogen and oxygen atoms in total. The topological polar surface area (TPSA) is 40.5 Å². The van der Waals surface area contributed by atoms with Crippen LogP contribution in [0.2, 0.25) is 0 Å². The molecule has 3 aromatic rings. The fraction of sp³-hybridized carbons (Fsp3) is 0.250. The highest BCUT2D eigenvalue weighted by Crippen LogP contribution is 2.34. The van der Waals surface area contributed by atoms with Crippen LogP contribution in [0.1, 0.15) is 31.7 Å². The van der Waals surface area contributed by atoms with Crippen LogP contribution in [0.25, 0.3) is 28.3 Å². The second kappa shape index (κ2) is 11.9. The molecule has 160 valence electrons. The highest BCUT2D eigenvalue weighted by Gasteiger charge is 2.09. The molecule has 0 aliphatic rings. The van der Waals surface area contributed by atoms with E-state index in [0.717, 1.165) is 25.9 Å². The summed E-state index contributed by atoms with van der Waals surface area (Å²) in [6.45, 7) is 4.55. The van der Waals surface area contributed by atoms with Crippen molar-refractivity contribution >= 4 is 12.0 Å². The molecule has 0 unspecified atom stereocenters. The minimum absolute atomic E-state index is 0.197. The van der Waals surface area contributed by atoms with Crippen LogP contribution < -0.4 is 0 Å². The van der Waals surface area contributed by atoms with E-state index in [0.29, 0.717) is 6.54 Å². The Morgan fingerprint density at radius 2 is 1.45 bits per heavy atom. The van der Waals surface area contributed by atoms with Gasteiger partial charge in [-0.05, 0) is 47.2 Å². The molecule has 0 aliphatic heterocycles. The zero-order chi connectivity index (χ0) is 21.9. The molecule has 0 bridgehead atoms. The number of aliphatic carboxylic acids is 1. The molecule has 31 heavy (non-hydrogen) atoms. The number of hydrogen-bond acceptors (Lipinski definition) is 2. The van der Waals surface area contributed by atoms with Crippen molar-refractivity contribution in [3.8, 4) is 22.3 Å². The summed E-state index contributed by atoms with van der Waals surface area (Å²) in [5.74, 6) is -0.734. The normalized spacial score (nSPS) is 11.3. The fourth-order valence-electron chi connectivity index (χ4n) is 3.85. The van der Waals surface area contributed by atoms with Crippen molar-refractivity contribution < 1.29 is 9.90 Å². The fourth-order valence-corrected chi connectivity index (χ4v) is 3.85. The van der Waals surface area contributed by atoms with Crippen molar-refractivity contribution in [1.29, 1.82) is 0 Å². The first-order valence-corrected chi connectivity index (χ1v) is 11.0. The summed E-state index contributed by atoms with van der Waals surface area (Å²) in [5.41, 5.74) is 6.08. The zero-order valence-electron chi connectivity index (χ0n) is 18.2. The van der Waals surface area contributed by atoms with Crippen molar-refractivity contribution in [3.05, 3.63) is 90.5 Å². The Kier molecular flexibility index (Phi) is 8.62. The van der Waals surface area contributed by atoms with Crippen molar-refractivity contribution in [2.75, 3.05) is 19.6 Å². The summed E-state index contributed by atoms with van der Waals surface area (Å²) in [6.07, 6.45) is 6.52. The molecular weight excluding hydrogens is 382 g/mol. The first-order chi connectivity index (χ1) is 15.2. The lowest BCUT2D eigenvalue weighted by molar-refractivity contribution is -0.137. The zero-order valence-corrected chi connectivity index (χ0v) is 18.2. The minimum Gasteiger partial charge on any atom is -0.481 e. The van der Waals surface area contributed by atoms with Crippen LogP contribution in [0, 0.1) is 0 Å². The van der Waals surface area contributed by atoms with Crippen LogP contribution in [0.5, 0.6) is 0 Å². The maximum absolute atomic E-state index is 10.9. The highest BCUT2D eigenvalue weighted by molar-refractivity contribution is 5.87. The van der Waals surface area contributed by atoms with Crippen LogP contribution in [0.15, 0.2) is 84.9 Å². The van der Waals surface area contributed by atoms with Crippen molar-refractivity contribution in [1.82, 2.24) is 4.90 Å². The summed E-state index contributed by atoms with van der Waals surface area (Å²) >= 11 is 0. The van der Waals surface area contributed by atoms with Crippen molar-refractivity contribution in [2.24, 2.45) is 0 Å². The van der Waals surface area contributed by atoms with E-state index >= 15 is 0 Å². The first-order valence-electron chi connectivity index (χ1n) is 11.0. The summed E-state index contributed by atoms with van der Waals surface area (Å²) in [5, 5.41) is 8.95. The van der Waals surface area contributed by atoms with Crippen LogP contribution in [0.4, 0.5) is 0 Å². The Balaban J connectivity index is 1.77. The molecule has 0 fully saturated rings. The highest BCUT2D eigenvalue weighted by atomic mass is 16.4. The molecule has 0 saturated heterocycles. The van der Waals surface area contributed by atoms with E-state index in [2.05, 4.69) is 96.8 Å². The SMILES string of the molecule is CCCN(CC/C=C/c1ccccc1-c1ccccc1-c1ccccc1)CCC(=O)O. The number of rotatable bonds is 11. The van der Waals surface area contributed by atoms with Gasteiger partial charge in [-0.25, -0.2) is 0 Å². The number of carboxylic acid groups (broad SMARTS) is 1. The average Bonchev–Trinajstić information content (AvgIpc) is 2.81. The van der Waals surface area contributed by atoms with Crippen LogP contribution >= 0.6 is 0 Å². The first kappa shape index (κ1) is 22.5. The Morgan fingerprint density at radius 3 is 2.16 bits per heavy atom. The molecule has 0 amide bonds. The molecule has 0 aliphatic carbocycles. The minimum atomic E-state index is -0.734. The van der Waals surface area contributed by atoms with Gasteiger partial charge >= 0.3 is 5.97 Å². The van der Waals surface area contributed by atoms with Gasteiger partial charge in [-0.2, -0.15) is 0 Å².